The molecule has 1 aromatic rings. The summed E-state index contributed by atoms with van der Waals surface area (Å²) in [5, 5.41) is 8.70. The lowest BCUT2D eigenvalue weighted by Gasteiger charge is -2.26. The summed E-state index contributed by atoms with van der Waals surface area (Å²) in [5.74, 6) is -0.277. The van der Waals surface area contributed by atoms with Gasteiger partial charge in [0, 0.05) is 5.92 Å². The van der Waals surface area contributed by atoms with Crippen molar-refractivity contribution < 1.29 is 14.3 Å². The predicted molar refractivity (Wildman–Crippen MR) is 52.9 cm³/mol. The van der Waals surface area contributed by atoms with Crippen LogP contribution in [0.15, 0.2) is 10.6 Å². The van der Waals surface area contributed by atoms with Gasteiger partial charge in [0.15, 0.2) is 5.89 Å². The van der Waals surface area contributed by atoms with Gasteiger partial charge in [-0.3, -0.25) is 0 Å². The van der Waals surface area contributed by atoms with Gasteiger partial charge < -0.3 is 14.4 Å². The molecule has 1 aliphatic rings. The lowest BCUT2D eigenvalue weighted by Crippen LogP contribution is -2.29. The van der Waals surface area contributed by atoms with Crippen molar-refractivity contribution in [2.45, 2.75) is 18.8 Å². The third kappa shape index (κ3) is 2.18. The molecule has 0 spiro atoms. The molecule has 0 aliphatic carbocycles. The van der Waals surface area contributed by atoms with Crippen molar-refractivity contribution in [1.82, 2.24) is 9.88 Å². The van der Waals surface area contributed by atoms with Gasteiger partial charge in [-0.15, -0.1) is 0 Å². The number of hydrogen-bond donors (Lipinski definition) is 1. The lowest BCUT2D eigenvalue weighted by atomic mass is 9.97. The van der Waals surface area contributed by atoms with Crippen molar-refractivity contribution in [3.8, 4) is 0 Å². The van der Waals surface area contributed by atoms with Crippen LogP contribution in [0, 0.1) is 0 Å². The minimum absolute atomic E-state index is 0.0658. The molecule has 5 nitrogen and oxygen atoms in total. The fourth-order valence-corrected chi connectivity index (χ4v) is 1.83. The summed E-state index contributed by atoms with van der Waals surface area (Å²) in [6.07, 6.45) is 3.25. The molecule has 2 heterocycles. The van der Waals surface area contributed by atoms with Gasteiger partial charge in [-0.25, -0.2) is 9.78 Å². The van der Waals surface area contributed by atoms with E-state index in [-0.39, 0.29) is 11.7 Å². The van der Waals surface area contributed by atoms with Crippen molar-refractivity contribution in [2.75, 3.05) is 20.1 Å². The van der Waals surface area contributed by atoms with Crippen LogP contribution in [-0.4, -0.2) is 41.1 Å². The van der Waals surface area contributed by atoms with Crippen molar-refractivity contribution in [3.63, 3.8) is 0 Å². The second kappa shape index (κ2) is 4.02. The predicted octanol–water partition coefficient (Wildman–Crippen LogP) is 1.18. The van der Waals surface area contributed by atoms with Crippen molar-refractivity contribution in [3.05, 3.63) is 17.8 Å². The average Bonchev–Trinajstić information content (AvgIpc) is 2.68. The van der Waals surface area contributed by atoms with Crippen molar-refractivity contribution in [1.29, 1.82) is 0 Å². The number of aromatic nitrogens is 1. The Morgan fingerprint density at radius 1 is 1.60 bits per heavy atom. The van der Waals surface area contributed by atoms with E-state index in [1.54, 1.807) is 0 Å². The van der Waals surface area contributed by atoms with Gasteiger partial charge in [0.25, 0.3) is 0 Å². The topological polar surface area (TPSA) is 66.6 Å². The lowest BCUT2D eigenvalue weighted by molar-refractivity contribution is 0.0658. The largest absolute Gasteiger partial charge is 0.475 e. The third-order valence-corrected chi connectivity index (χ3v) is 2.80. The summed E-state index contributed by atoms with van der Waals surface area (Å²) in [4.78, 5) is 16.9. The molecule has 0 radical (unpaired) electrons. The Kier molecular flexibility index (Phi) is 2.73. The van der Waals surface area contributed by atoms with Crippen LogP contribution in [0.4, 0.5) is 0 Å². The zero-order valence-corrected chi connectivity index (χ0v) is 8.64. The molecular weight excluding hydrogens is 196 g/mol. The SMILES string of the molecule is CN1CCC(c2ncc(C(=O)O)o2)CC1. The molecule has 1 aliphatic heterocycles. The van der Waals surface area contributed by atoms with Crippen LogP contribution >= 0.6 is 0 Å². The first-order valence-electron chi connectivity index (χ1n) is 5.04. The number of carbonyl (C=O) groups is 1. The molecular formula is C10H14N2O3. The average molecular weight is 210 g/mol. The van der Waals surface area contributed by atoms with E-state index >= 15 is 0 Å². The summed E-state index contributed by atoms with van der Waals surface area (Å²) in [5.41, 5.74) is 0. The van der Waals surface area contributed by atoms with Crippen LogP contribution in [0.3, 0.4) is 0 Å². The Morgan fingerprint density at radius 2 is 2.27 bits per heavy atom. The van der Waals surface area contributed by atoms with Gasteiger partial charge in [-0.05, 0) is 33.0 Å². The minimum atomic E-state index is -1.05. The summed E-state index contributed by atoms with van der Waals surface area (Å²) in [7, 11) is 2.08. The van der Waals surface area contributed by atoms with Gasteiger partial charge in [0.1, 0.15) is 0 Å². The molecule has 1 fully saturated rings. The maximum atomic E-state index is 10.6. The van der Waals surface area contributed by atoms with E-state index in [2.05, 4.69) is 16.9 Å². The molecule has 2 rings (SSSR count). The zero-order chi connectivity index (χ0) is 10.8. The van der Waals surface area contributed by atoms with E-state index in [1.807, 2.05) is 0 Å². The van der Waals surface area contributed by atoms with Crippen molar-refractivity contribution >= 4 is 5.97 Å². The highest BCUT2D eigenvalue weighted by atomic mass is 16.4. The van der Waals surface area contributed by atoms with Crippen LogP contribution in [0.2, 0.25) is 0 Å². The number of carboxylic acids is 1. The highest BCUT2D eigenvalue weighted by Crippen LogP contribution is 2.26. The number of rotatable bonds is 2. The first kappa shape index (κ1) is 10.2. The van der Waals surface area contributed by atoms with Gasteiger partial charge in [-0.2, -0.15) is 0 Å². The Bertz CT molecular complexity index is 353. The number of piperidine rings is 1. The van der Waals surface area contributed by atoms with Crippen LogP contribution in [0.25, 0.3) is 0 Å². The fraction of sp³-hybridized carbons (Fsp3) is 0.600. The Hall–Kier alpha value is -1.36. The number of hydrogen-bond acceptors (Lipinski definition) is 4. The Labute approximate surface area is 87.7 Å². The van der Waals surface area contributed by atoms with E-state index in [0.29, 0.717) is 5.89 Å². The fourth-order valence-electron chi connectivity index (χ4n) is 1.83. The van der Waals surface area contributed by atoms with E-state index in [1.165, 1.54) is 6.20 Å². The molecule has 1 aromatic heterocycles. The maximum absolute atomic E-state index is 10.6. The molecule has 1 saturated heterocycles. The standard InChI is InChI=1S/C10H14N2O3/c1-12-4-2-7(3-5-12)9-11-6-8(15-9)10(13)14/h6-7H,2-5H2,1H3,(H,13,14). The number of carboxylic acid groups (broad SMARTS) is 1. The molecule has 5 heteroatoms. The summed E-state index contributed by atoms with van der Waals surface area (Å²) in [6.45, 7) is 2.02. The van der Waals surface area contributed by atoms with E-state index in [9.17, 15) is 4.79 Å². The maximum Gasteiger partial charge on any atom is 0.373 e. The smallest absolute Gasteiger partial charge is 0.373 e. The molecule has 0 amide bonds. The molecule has 0 unspecified atom stereocenters. The zero-order valence-electron chi connectivity index (χ0n) is 8.64. The number of likely N-dealkylation sites (tertiary alicyclic amines) is 1. The summed E-state index contributed by atoms with van der Waals surface area (Å²) >= 11 is 0. The van der Waals surface area contributed by atoms with E-state index < -0.39 is 5.97 Å². The summed E-state index contributed by atoms with van der Waals surface area (Å²) < 4.78 is 5.19. The summed E-state index contributed by atoms with van der Waals surface area (Å²) in [6, 6.07) is 0. The molecule has 1 N–H and O–H groups in total. The Morgan fingerprint density at radius 3 is 2.80 bits per heavy atom. The number of aromatic carboxylic acids is 1. The minimum Gasteiger partial charge on any atom is -0.475 e. The number of oxazole rings is 1. The quantitative estimate of drug-likeness (QED) is 0.794. The second-order valence-electron chi connectivity index (χ2n) is 3.95. The van der Waals surface area contributed by atoms with Gasteiger partial charge in [0.05, 0.1) is 6.20 Å². The Balaban J connectivity index is 2.06. The molecule has 0 bridgehead atoms. The van der Waals surface area contributed by atoms with Crippen LogP contribution in [0.5, 0.6) is 0 Å². The highest BCUT2D eigenvalue weighted by Gasteiger charge is 2.23. The second-order valence-corrected chi connectivity index (χ2v) is 3.95. The van der Waals surface area contributed by atoms with Gasteiger partial charge >= 0.3 is 5.97 Å². The molecule has 0 saturated carbocycles. The van der Waals surface area contributed by atoms with Crippen molar-refractivity contribution in [2.24, 2.45) is 0 Å². The van der Waals surface area contributed by atoms with Crippen LogP contribution < -0.4 is 0 Å². The number of nitrogens with zero attached hydrogens (tertiary/aromatic N) is 2. The van der Waals surface area contributed by atoms with Crippen LogP contribution in [0.1, 0.15) is 35.2 Å². The normalized spacial score (nSPS) is 19.3. The third-order valence-electron chi connectivity index (χ3n) is 2.80. The molecule has 15 heavy (non-hydrogen) atoms. The molecule has 0 aromatic carbocycles. The van der Waals surface area contributed by atoms with Gasteiger partial charge in [-0.1, -0.05) is 0 Å². The van der Waals surface area contributed by atoms with Gasteiger partial charge in [0.2, 0.25) is 5.76 Å². The van der Waals surface area contributed by atoms with E-state index in [0.717, 1.165) is 25.9 Å². The first-order valence-corrected chi connectivity index (χ1v) is 5.04. The highest BCUT2D eigenvalue weighted by molar-refractivity contribution is 5.83. The molecule has 82 valence electrons. The van der Waals surface area contributed by atoms with Crippen LogP contribution in [-0.2, 0) is 0 Å². The molecule has 0 atom stereocenters. The van der Waals surface area contributed by atoms with E-state index in [4.69, 9.17) is 9.52 Å². The monoisotopic (exact) mass is 210 g/mol. The first-order chi connectivity index (χ1) is 7.16.